The van der Waals surface area contributed by atoms with E-state index in [1.807, 2.05) is 0 Å². The second kappa shape index (κ2) is 4.83. The fraction of sp³-hybridized carbons (Fsp3) is 0.778. The molecule has 1 aliphatic carbocycles. The Labute approximate surface area is 82.7 Å². The first-order valence-corrected chi connectivity index (χ1v) is 4.85. The predicted molar refractivity (Wildman–Crippen MR) is 50.7 cm³/mol. The van der Waals surface area contributed by atoms with Gasteiger partial charge in [-0.2, -0.15) is 0 Å². The average Bonchev–Trinajstić information content (AvgIpc) is 2.15. The number of nitrogens with one attached hydrogen (secondary N) is 1. The fourth-order valence-electron chi connectivity index (χ4n) is 1.88. The number of hydrogen-bond donors (Lipinski definition) is 3. The van der Waals surface area contributed by atoms with Gasteiger partial charge in [0.25, 0.3) is 0 Å². The van der Waals surface area contributed by atoms with Crippen LogP contribution in [0.25, 0.3) is 0 Å². The number of carboxylic acid groups (broad SMARTS) is 1. The zero-order valence-corrected chi connectivity index (χ0v) is 8.03. The summed E-state index contributed by atoms with van der Waals surface area (Å²) in [6.07, 6.45) is 2.37. The quantitative estimate of drug-likeness (QED) is 0.621. The molecule has 5 nitrogen and oxygen atoms in total. The van der Waals surface area contributed by atoms with Crippen LogP contribution in [0, 0.1) is 11.8 Å². The molecule has 0 saturated heterocycles. The topological polar surface area (TPSA) is 92.4 Å². The Morgan fingerprint density at radius 2 is 1.86 bits per heavy atom. The molecule has 0 aromatic rings. The molecule has 5 heteroatoms. The third-order valence-electron chi connectivity index (χ3n) is 2.79. The number of nitrogens with two attached hydrogens (primary N) is 1. The van der Waals surface area contributed by atoms with Gasteiger partial charge in [-0.25, -0.2) is 4.79 Å². The van der Waals surface area contributed by atoms with Gasteiger partial charge in [-0.15, -0.1) is 0 Å². The van der Waals surface area contributed by atoms with E-state index in [2.05, 4.69) is 5.32 Å². The highest BCUT2D eigenvalue weighted by Gasteiger charge is 2.24. The molecule has 2 amide bonds. The van der Waals surface area contributed by atoms with Gasteiger partial charge in [0.1, 0.15) is 0 Å². The van der Waals surface area contributed by atoms with Crippen molar-refractivity contribution in [3.8, 4) is 0 Å². The van der Waals surface area contributed by atoms with Crippen molar-refractivity contribution in [2.24, 2.45) is 17.6 Å². The number of hydrogen-bond acceptors (Lipinski definition) is 2. The van der Waals surface area contributed by atoms with Crippen LogP contribution in [0.4, 0.5) is 4.79 Å². The summed E-state index contributed by atoms with van der Waals surface area (Å²) >= 11 is 0. The van der Waals surface area contributed by atoms with Gasteiger partial charge in [-0.3, -0.25) is 4.79 Å². The molecule has 0 spiro atoms. The highest BCUT2D eigenvalue weighted by Crippen LogP contribution is 2.27. The van der Waals surface area contributed by atoms with Crippen molar-refractivity contribution >= 4 is 12.0 Å². The minimum absolute atomic E-state index is 0.00363. The van der Waals surface area contributed by atoms with E-state index >= 15 is 0 Å². The molecule has 0 atom stereocenters. The zero-order valence-electron chi connectivity index (χ0n) is 8.03. The van der Waals surface area contributed by atoms with Crippen LogP contribution in [0.3, 0.4) is 0 Å². The van der Waals surface area contributed by atoms with Crippen molar-refractivity contribution in [1.29, 1.82) is 0 Å². The minimum Gasteiger partial charge on any atom is -0.465 e. The van der Waals surface area contributed by atoms with Gasteiger partial charge < -0.3 is 16.2 Å². The van der Waals surface area contributed by atoms with E-state index in [0.29, 0.717) is 12.5 Å². The molecule has 0 aliphatic heterocycles. The van der Waals surface area contributed by atoms with Gasteiger partial charge in [0.2, 0.25) is 5.91 Å². The summed E-state index contributed by atoms with van der Waals surface area (Å²) in [5, 5.41) is 10.8. The molecule has 0 aromatic carbocycles. The van der Waals surface area contributed by atoms with Crippen LogP contribution in [-0.4, -0.2) is 23.7 Å². The van der Waals surface area contributed by atoms with Crippen LogP contribution < -0.4 is 11.1 Å². The van der Waals surface area contributed by atoms with Crippen molar-refractivity contribution in [2.45, 2.75) is 25.7 Å². The number of carbonyl (C=O) groups excluding carboxylic acids is 1. The second-order valence-corrected chi connectivity index (χ2v) is 3.81. The number of rotatable bonds is 3. The van der Waals surface area contributed by atoms with Gasteiger partial charge in [0.15, 0.2) is 0 Å². The Balaban J connectivity index is 2.22. The monoisotopic (exact) mass is 200 g/mol. The predicted octanol–water partition coefficient (Wildman–Crippen LogP) is 0.546. The summed E-state index contributed by atoms with van der Waals surface area (Å²) in [5.41, 5.74) is 5.19. The Kier molecular flexibility index (Phi) is 3.73. The van der Waals surface area contributed by atoms with E-state index in [9.17, 15) is 9.59 Å². The summed E-state index contributed by atoms with van der Waals surface area (Å²) in [6.45, 7) is 0.487. The van der Waals surface area contributed by atoms with Crippen molar-refractivity contribution < 1.29 is 14.7 Å². The summed E-state index contributed by atoms with van der Waals surface area (Å²) in [6, 6.07) is 0. The molecule has 0 unspecified atom stereocenters. The first-order valence-electron chi connectivity index (χ1n) is 4.85. The van der Waals surface area contributed by atoms with Gasteiger partial charge >= 0.3 is 6.09 Å². The van der Waals surface area contributed by atoms with Crippen molar-refractivity contribution in [3.63, 3.8) is 0 Å². The average molecular weight is 200 g/mol. The fourth-order valence-corrected chi connectivity index (χ4v) is 1.88. The zero-order chi connectivity index (χ0) is 10.6. The first kappa shape index (κ1) is 10.8. The molecular formula is C9H16N2O3. The lowest BCUT2D eigenvalue weighted by atomic mass is 9.82. The van der Waals surface area contributed by atoms with E-state index in [1.54, 1.807) is 0 Å². The Morgan fingerprint density at radius 3 is 2.29 bits per heavy atom. The van der Waals surface area contributed by atoms with E-state index < -0.39 is 6.09 Å². The molecule has 14 heavy (non-hydrogen) atoms. The maximum atomic E-state index is 10.8. The molecule has 1 aliphatic rings. The number of primary amides is 1. The molecule has 1 saturated carbocycles. The van der Waals surface area contributed by atoms with Gasteiger partial charge in [-0.05, 0) is 31.6 Å². The largest absolute Gasteiger partial charge is 0.465 e. The van der Waals surface area contributed by atoms with E-state index in [1.165, 1.54) is 0 Å². The maximum Gasteiger partial charge on any atom is 0.404 e. The van der Waals surface area contributed by atoms with Gasteiger partial charge in [0, 0.05) is 12.5 Å². The standard InChI is InChI=1S/C9H16N2O3/c10-8(12)7-3-1-6(2-4-7)5-11-9(13)14/h6-7,11H,1-5H2,(H2,10,12)(H,13,14). The first-order chi connectivity index (χ1) is 6.59. The molecular weight excluding hydrogens is 184 g/mol. The lowest BCUT2D eigenvalue weighted by Crippen LogP contribution is -2.33. The molecule has 1 fully saturated rings. The SMILES string of the molecule is NC(=O)C1CCC(CNC(=O)O)CC1. The van der Waals surface area contributed by atoms with Gasteiger partial charge in [-0.1, -0.05) is 0 Å². The van der Waals surface area contributed by atoms with Crippen LogP contribution in [0.15, 0.2) is 0 Å². The lowest BCUT2D eigenvalue weighted by Gasteiger charge is -2.26. The Morgan fingerprint density at radius 1 is 1.29 bits per heavy atom. The van der Waals surface area contributed by atoms with E-state index in [-0.39, 0.29) is 11.8 Å². The Hall–Kier alpha value is -1.26. The van der Waals surface area contributed by atoms with Crippen LogP contribution in [0.2, 0.25) is 0 Å². The van der Waals surface area contributed by atoms with Crippen molar-refractivity contribution in [2.75, 3.05) is 6.54 Å². The molecule has 0 radical (unpaired) electrons. The third kappa shape index (κ3) is 3.24. The summed E-state index contributed by atoms with van der Waals surface area (Å²) in [5.74, 6) is 0.132. The van der Waals surface area contributed by atoms with E-state index in [4.69, 9.17) is 10.8 Å². The highest BCUT2D eigenvalue weighted by molar-refractivity contribution is 5.76. The van der Waals surface area contributed by atoms with Crippen LogP contribution in [0.1, 0.15) is 25.7 Å². The van der Waals surface area contributed by atoms with Crippen molar-refractivity contribution in [1.82, 2.24) is 5.32 Å². The summed E-state index contributed by atoms with van der Waals surface area (Å²) in [4.78, 5) is 21.1. The van der Waals surface area contributed by atoms with Crippen LogP contribution >= 0.6 is 0 Å². The van der Waals surface area contributed by atoms with E-state index in [0.717, 1.165) is 25.7 Å². The highest BCUT2D eigenvalue weighted by atomic mass is 16.4. The van der Waals surface area contributed by atoms with Crippen molar-refractivity contribution in [3.05, 3.63) is 0 Å². The van der Waals surface area contributed by atoms with Gasteiger partial charge in [0.05, 0.1) is 0 Å². The van der Waals surface area contributed by atoms with Crippen LogP contribution in [-0.2, 0) is 4.79 Å². The molecule has 80 valence electrons. The minimum atomic E-state index is -0.984. The summed E-state index contributed by atoms with van der Waals surface area (Å²) < 4.78 is 0. The summed E-state index contributed by atoms with van der Waals surface area (Å²) in [7, 11) is 0. The second-order valence-electron chi connectivity index (χ2n) is 3.81. The van der Waals surface area contributed by atoms with Crippen LogP contribution in [0.5, 0.6) is 0 Å². The maximum absolute atomic E-state index is 10.8. The number of amides is 2. The molecule has 0 bridgehead atoms. The molecule has 4 N–H and O–H groups in total. The molecule has 1 rings (SSSR count). The molecule has 0 heterocycles. The molecule has 0 aromatic heterocycles. The number of carbonyl (C=O) groups is 2. The third-order valence-corrected chi connectivity index (χ3v) is 2.79. The lowest BCUT2D eigenvalue weighted by molar-refractivity contribution is -0.122. The smallest absolute Gasteiger partial charge is 0.404 e. The normalized spacial score (nSPS) is 26.9. The Bertz CT molecular complexity index is 222.